The van der Waals surface area contributed by atoms with Gasteiger partial charge in [0.1, 0.15) is 5.82 Å². The molecule has 1 aromatic carbocycles. The zero-order valence-electron chi connectivity index (χ0n) is 11.8. The lowest BCUT2D eigenvalue weighted by Gasteiger charge is -2.12. The van der Waals surface area contributed by atoms with Gasteiger partial charge in [-0.2, -0.15) is 0 Å². The highest BCUT2D eigenvalue weighted by Crippen LogP contribution is 2.27. The second-order valence-corrected chi connectivity index (χ2v) is 6.01. The fraction of sp³-hybridized carbons (Fsp3) is 0.333. The van der Waals surface area contributed by atoms with Crippen molar-refractivity contribution in [1.29, 1.82) is 0 Å². The van der Waals surface area contributed by atoms with E-state index in [4.69, 9.17) is 16.6 Å². The first-order chi connectivity index (χ1) is 9.56. The highest BCUT2D eigenvalue weighted by Gasteiger charge is 2.13. The first-order valence-electron chi connectivity index (χ1n) is 6.63. The summed E-state index contributed by atoms with van der Waals surface area (Å²) in [6.45, 7) is 7.05. The number of hydrogen-bond acceptors (Lipinski definition) is 3. The monoisotopic (exact) mass is 401 g/mol. The van der Waals surface area contributed by atoms with Gasteiger partial charge >= 0.3 is 0 Å². The minimum absolute atomic E-state index is 0.736. The molecule has 0 amide bonds. The molecule has 0 aliphatic heterocycles. The number of aromatic nitrogens is 2. The van der Waals surface area contributed by atoms with E-state index < -0.39 is 0 Å². The van der Waals surface area contributed by atoms with Crippen LogP contribution in [0.3, 0.4) is 0 Å². The quantitative estimate of drug-likeness (QED) is 0.754. The molecule has 0 aliphatic carbocycles. The molecule has 0 fully saturated rings. The van der Waals surface area contributed by atoms with E-state index >= 15 is 0 Å². The molecule has 0 saturated carbocycles. The minimum Gasteiger partial charge on any atom is -0.369 e. The maximum atomic E-state index is 6.01. The number of hydrogen-bond donors (Lipinski definition) is 1. The van der Waals surface area contributed by atoms with Crippen LogP contribution < -0.4 is 5.32 Å². The summed E-state index contributed by atoms with van der Waals surface area (Å²) in [5, 5.41) is 4.04. The summed E-state index contributed by atoms with van der Waals surface area (Å²) < 4.78 is 1.10. The van der Waals surface area contributed by atoms with E-state index in [1.807, 2.05) is 25.1 Å². The van der Waals surface area contributed by atoms with E-state index in [0.717, 1.165) is 50.0 Å². The Kier molecular flexibility index (Phi) is 5.21. The van der Waals surface area contributed by atoms with Crippen LogP contribution in [0.25, 0.3) is 11.4 Å². The number of anilines is 1. The van der Waals surface area contributed by atoms with Gasteiger partial charge in [-0.05, 0) is 66.6 Å². The molecule has 20 heavy (non-hydrogen) atoms. The Balaban J connectivity index is 2.58. The lowest BCUT2D eigenvalue weighted by molar-refractivity contribution is 0.981. The lowest BCUT2D eigenvalue weighted by Crippen LogP contribution is -2.08. The molecule has 2 rings (SSSR count). The Morgan fingerprint density at radius 2 is 2.00 bits per heavy atom. The van der Waals surface area contributed by atoms with Crippen LogP contribution >= 0.6 is 34.2 Å². The summed E-state index contributed by atoms with van der Waals surface area (Å²) in [7, 11) is 0. The first kappa shape index (κ1) is 15.5. The van der Waals surface area contributed by atoms with Gasteiger partial charge in [-0.3, -0.25) is 0 Å². The van der Waals surface area contributed by atoms with Gasteiger partial charge in [0.2, 0.25) is 0 Å². The van der Waals surface area contributed by atoms with Crippen LogP contribution in [0.2, 0.25) is 5.02 Å². The van der Waals surface area contributed by atoms with E-state index in [1.54, 1.807) is 0 Å². The number of halogens is 2. The van der Waals surface area contributed by atoms with Crippen LogP contribution in [0.4, 0.5) is 5.82 Å². The van der Waals surface area contributed by atoms with Gasteiger partial charge in [0.05, 0.1) is 9.26 Å². The summed E-state index contributed by atoms with van der Waals surface area (Å²) in [6, 6.07) is 5.80. The molecule has 2 aromatic rings. The highest BCUT2D eigenvalue weighted by molar-refractivity contribution is 14.1. The predicted molar refractivity (Wildman–Crippen MR) is 93.5 cm³/mol. The summed E-state index contributed by atoms with van der Waals surface area (Å²) >= 11 is 8.32. The van der Waals surface area contributed by atoms with Crippen LogP contribution in [0.5, 0.6) is 0 Å². The molecule has 5 heteroatoms. The first-order valence-corrected chi connectivity index (χ1v) is 8.09. The third-order valence-electron chi connectivity index (χ3n) is 3.03. The molecule has 0 bridgehead atoms. The minimum atomic E-state index is 0.736. The normalized spacial score (nSPS) is 10.7. The van der Waals surface area contributed by atoms with Crippen LogP contribution in [-0.2, 0) is 6.42 Å². The van der Waals surface area contributed by atoms with Gasteiger partial charge < -0.3 is 5.32 Å². The Hall–Kier alpha value is -0.880. The molecule has 0 spiro atoms. The molecule has 1 heterocycles. The van der Waals surface area contributed by atoms with E-state index in [2.05, 4.69) is 46.7 Å². The fourth-order valence-electron chi connectivity index (χ4n) is 2.01. The molecule has 106 valence electrons. The fourth-order valence-corrected chi connectivity index (χ4v) is 3.05. The van der Waals surface area contributed by atoms with Crippen molar-refractivity contribution in [2.24, 2.45) is 0 Å². The van der Waals surface area contributed by atoms with E-state index in [9.17, 15) is 0 Å². The van der Waals surface area contributed by atoms with Crippen LogP contribution in [0.1, 0.15) is 25.1 Å². The largest absolute Gasteiger partial charge is 0.369 e. The van der Waals surface area contributed by atoms with Crippen molar-refractivity contribution in [3.8, 4) is 11.4 Å². The van der Waals surface area contributed by atoms with E-state index in [1.165, 1.54) is 0 Å². The molecule has 0 atom stereocenters. The second kappa shape index (κ2) is 6.72. The summed E-state index contributed by atoms with van der Waals surface area (Å²) in [5.74, 6) is 1.66. The average Bonchev–Trinajstić information content (AvgIpc) is 2.41. The Bertz CT molecular complexity index is 629. The predicted octanol–water partition coefficient (Wildman–Crippen LogP) is 4.70. The van der Waals surface area contributed by atoms with Gasteiger partial charge in [0, 0.05) is 17.1 Å². The van der Waals surface area contributed by atoms with Gasteiger partial charge in [-0.25, -0.2) is 9.97 Å². The number of rotatable bonds is 4. The van der Waals surface area contributed by atoms with Crippen molar-refractivity contribution in [3.05, 3.63) is 38.0 Å². The Morgan fingerprint density at radius 3 is 2.60 bits per heavy atom. The van der Waals surface area contributed by atoms with Gasteiger partial charge in [-0.1, -0.05) is 18.5 Å². The van der Waals surface area contributed by atoms with Crippen LogP contribution in [-0.4, -0.2) is 16.5 Å². The number of benzene rings is 1. The molecule has 3 nitrogen and oxygen atoms in total. The van der Waals surface area contributed by atoms with Crippen LogP contribution in [0, 0.1) is 10.5 Å². The van der Waals surface area contributed by atoms with Crippen molar-refractivity contribution < 1.29 is 0 Å². The number of aryl methyl sites for hydroxylation is 2. The Labute approximate surface area is 138 Å². The van der Waals surface area contributed by atoms with Crippen molar-refractivity contribution in [2.75, 3.05) is 11.9 Å². The summed E-state index contributed by atoms with van der Waals surface area (Å²) in [5.41, 5.74) is 3.18. The summed E-state index contributed by atoms with van der Waals surface area (Å²) in [4.78, 5) is 9.35. The second-order valence-electron chi connectivity index (χ2n) is 4.50. The molecule has 0 radical (unpaired) electrons. The van der Waals surface area contributed by atoms with Crippen molar-refractivity contribution in [1.82, 2.24) is 9.97 Å². The van der Waals surface area contributed by atoms with E-state index in [-0.39, 0.29) is 0 Å². The maximum absolute atomic E-state index is 6.01. The SMILES string of the molecule is CCNc1nc(-c2ccc(Cl)cc2C)nc(CC)c1I. The lowest BCUT2D eigenvalue weighted by atomic mass is 10.1. The standard InChI is InChI=1S/C15H17ClIN3/c1-4-12-13(17)15(18-5-2)20-14(19-12)11-7-6-10(16)8-9(11)3/h6-8H,4-5H2,1-3H3,(H,18,19,20). The van der Waals surface area contributed by atoms with Gasteiger partial charge in [-0.15, -0.1) is 0 Å². The molecule has 0 unspecified atom stereocenters. The maximum Gasteiger partial charge on any atom is 0.162 e. The van der Waals surface area contributed by atoms with E-state index in [0.29, 0.717) is 0 Å². The van der Waals surface area contributed by atoms with Crippen molar-refractivity contribution in [3.63, 3.8) is 0 Å². The number of nitrogens with one attached hydrogen (secondary N) is 1. The van der Waals surface area contributed by atoms with Gasteiger partial charge in [0.25, 0.3) is 0 Å². The molecule has 0 saturated heterocycles. The van der Waals surface area contributed by atoms with Crippen LogP contribution in [0.15, 0.2) is 18.2 Å². The van der Waals surface area contributed by atoms with Crippen molar-refractivity contribution >= 4 is 40.0 Å². The summed E-state index contributed by atoms with van der Waals surface area (Å²) in [6.07, 6.45) is 0.888. The average molecular weight is 402 g/mol. The van der Waals surface area contributed by atoms with Crippen molar-refractivity contribution in [2.45, 2.75) is 27.2 Å². The zero-order chi connectivity index (χ0) is 14.7. The Morgan fingerprint density at radius 1 is 1.25 bits per heavy atom. The topological polar surface area (TPSA) is 37.8 Å². The molecule has 1 N–H and O–H groups in total. The number of nitrogens with zero attached hydrogens (tertiary/aromatic N) is 2. The molecule has 0 aliphatic rings. The van der Waals surface area contributed by atoms with Gasteiger partial charge in [0.15, 0.2) is 5.82 Å². The zero-order valence-corrected chi connectivity index (χ0v) is 14.7. The highest BCUT2D eigenvalue weighted by atomic mass is 127. The molecular formula is C15H17ClIN3. The molecule has 1 aromatic heterocycles. The third kappa shape index (κ3) is 3.23. The third-order valence-corrected chi connectivity index (χ3v) is 4.40. The smallest absolute Gasteiger partial charge is 0.162 e. The molecular weight excluding hydrogens is 385 g/mol.